The van der Waals surface area contributed by atoms with Gasteiger partial charge in [-0.1, -0.05) is 48.5 Å². The Labute approximate surface area is 257 Å². The Morgan fingerprint density at radius 1 is 0.533 bits per heavy atom. The number of aryl methyl sites for hydroxylation is 1. The maximum Gasteiger partial charge on any atom is 0.244 e. The van der Waals surface area contributed by atoms with Crippen molar-refractivity contribution in [2.24, 2.45) is 0 Å². The summed E-state index contributed by atoms with van der Waals surface area (Å²) in [4.78, 5) is 52.7. The van der Waals surface area contributed by atoms with E-state index in [1.807, 2.05) is 88.9 Å². The number of carbonyl (C=O) groups excluding carboxylic acids is 2. The number of pyridine rings is 2. The predicted molar refractivity (Wildman–Crippen MR) is 180 cm³/mol. The molecule has 0 spiro atoms. The molecule has 0 radical (unpaired) electrons. The van der Waals surface area contributed by atoms with Gasteiger partial charge in [0.2, 0.25) is 11.8 Å². The molecule has 0 atom stereocenters. The normalized spacial score (nSPS) is 11.3. The molecule has 0 saturated carbocycles. The van der Waals surface area contributed by atoms with Gasteiger partial charge in [-0.2, -0.15) is 0 Å². The molecule has 8 nitrogen and oxygen atoms in total. The highest BCUT2D eigenvalue weighted by Gasteiger charge is 2.16. The van der Waals surface area contributed by atoms with Crippen LogP contribution in [0.5, 0.6) is 0 Å². The van der Waals surface area contributed by atoms with Gasteiger partial charge in [0, 0.05) is 32.9 Å². The summed E-state index contributed by atoms with van der Waals surface area (Å²) in [6, 6.07) is 34.5. The number of fused-ring (bicyclic) bond motifs is 4. The third-order valence-electron chi connectivity index (χ3n) is 8.15. The van der Waals surface area contributed by atoms with Crippen LogP contribution in [0.1, 0.15) is 5.56 Å². The van der Waals surface area contributed by atoms with Crippen LogP contribution in [0.25, 0.3) is 43.6 Å². The number of hydrogen-bond acceptors (Lipinski definition) is 4. The molecular formula is C37H28N4O4. The number of hydrogen-bond donors (Lipinski definition) is 2. The summed E-state index contributed by atoms with van der Waals surface area (Å²) in [5, 5.41) is 8.18. The van der Waals surface area contributed by atoms with Crippen molar-refractivity contribution in [1.82, 2.24) is 9.13 Å². The lowest BCUT2D eigenvalue weighted by Gasteiger charge is -2.17. The minimum Gasteiger partial charge on any atom is -0.331 e. The second kappa shape index (κ2) is 11.2. The zero-order valence-corrected chi connectivity index (χ0v) is 24.4. The van der Waals surface area contributed by atoms with Crippen molar-refractivity contribution < 1.29 is 9.59 Å². The van der Waals surface area contributed by atoms with E-state index in [2.05, 4.69) is 10.6 Å². The van der Waals surface area contributed by atoms with Crippen LogP contribution in [0, 0.1) is 6.92 Å². The molecule has 2 amide bonds. The van der Waals surface area contributed by atoms with Gasteiger partial charge in [-0.05, 0) is 79.2 Å². The maximum absolute atomic E-state index is 13.3. The number of para-hydroxylation sites is 4. The summed E-state index contributed by atoms with van der Waals surface area (Å²) in [6.45, 7) is 1.89. The zero-order valence-electron chi connectivity index (χ0n) is 24.4. The fraction of sp³-hybridized carbons (Fsp3) is 0.0811. The molecule has 0 saturated heterocycles. The molecule has 7 rings (SSSR count). The SMILES string of the molecule is Cc1cc(NC(=O)Cn2c3ccccc3c(=O)c3ccccc32)ccc1NC(=O)Cn1c2ccccc2c(=O)c2ccccc21. The Kier molecular flexibility index (Phi) is 6.94. The van der Waals surface area contributed by atoms with Gasteiger partial charge in [0.1, 0.15) is 13.1 Å². The van der Waals surface area contributed by atoms with E-state index in [9.17, 15) is 19.2 Å². The minimum absolute atomic E-state index is 0.0140. The summed E-state index contributed by atoms with van der Waals surface area (Å²) >= 11 is 0. The summed E-state index contributed by atoms with van der Waals surface area (Å²) < 4.78 is 3.71. The van der Waals surface area contributed by atoms with Gasteiger partial charge in [-0.3, -0.25) is 19.2 Å². The van der Waals surface area contributed by atoms with Crippen LogP contribution in [0.4, 0.5) is 11.4 Å². The van der Waals surface area contributed by atoms with Crippen molar-refractivity contribution >= 4 is 66.8 Å². The lowest BCUT2D eigenvalue weighted by atomic mass is 10.1. The molecule has 0 aliphatic carbocycles. The number of aromatic nitrogens is 2. The molecule has 2 N–H and O–H groups in total. The summed E-state index contributed by atoms with van der Waals surface area (Å²) in [5.41, 5.74) is 4.61. The quantitative estimate of drug-likeness (QED) is 0.224. The molecule has 0 unspecified atom stereocenters. The first-order chi connectivity index (χ1) is 21.9. The van der Waals surface area contributed by atoms with Gasteiger partial charge < -0.3 is 19.8 Å². The van der Waals surface area contributed by atoms with Crippen molar-refractivity contribution in [3.8, 4) is 0 Å². The molecule has 220 valence electrons. The molecule has 8 heteroatoms. The van der Waals surface area contributed by atoms with E-state index >= 15 is 0 Å². The molecular weight excluding hydrogens is 564 g/mol. The number of nitrogens with one attached hydrogen (secondary N) is 2. The van der Waals surface area contributed by atoms with E-state index in [1.54, 1.807) is 42.5 Å². The average Bonchev–Trinajstić information content (AvgIpc) is 3.06. The van der Waals surface area contributed by atoms with Gasteiger partial charge >= 0.3 is 0 Å². The van der Waals surface area contributed by atoms with Crippen molar-refractivity contribution in [3.05, 3.63) is 141 Å². The maximum atomic E-state index is 13.3. The number of anilines is 2. The van der Waals surface area contributed by atoms with Gasteiger partial charge in [0.25, 0.3) is 0 Å². The number of benzene rings is 5. The summed E-state index contributed by atoms with van der Waals surface area (Å²) in [6.07, 6.45) is 0. The van der Waals surface area contributed by atoms with E-state index in [-0.39, 0.29) is 35.8 Å². The van der Waals surface area contributed by atoms with Crippen LogP contribution in [-0.4, -0.2) is 20.9 Å². The van der Waals surface area contributed by atoms with Crippen LogP contribution in [0.15, 0.2) is 125 Å². The largest absolute Gasteiger partial charge is 0.331 e. The van der Waals surface area contributed by atoms with Crippen molar-refractivity contribution in [3.63, 3.8) is 0 Å². The third kappa shape index (κ3) is 5.02. The number of amides is 2. The third-order valence-corrected chi connectivity index (χ3v) is 8.15. The fourth-order valence-electron chi connectivity index (χ4n) is 6.05. The average molecular weight is 593 g/mol. The van der Waals surface area contributed by atoms with Gasteiger partial charge in [0.15, 0.2) is 10.9 Å². The van der Waals surface area contributed by atoms with Gasteiger partial charge in [0.05, 0.1) is 22.1 Å². The van der Waals surface area contributed by atoms with Gasteiger partial charge in [-0.15, -0.1) is 0 Å². The summed E-state index contributed by atoms with van der Waals surface area (Å²) in [5.74, 6) is -0.493. The Hall–Kier alpha value is -6.02. The molecule has 0 aliphatic heterocycles. The van der Waals surface area contributed by atoms with Crippen LogP contribution in [0.2, 0.25) is 0 Å². The Balaban J connectivity index is 1.11. The van der Waals surface area contributed by atoms with Gasteiger partial charge in [-0.25, -0.2) is 0 Å². The Morgan fingerprint density at radius 3 is 1.31 bits per heavy atom. The molecule has 45 heavy (non-hydrogen) atoms. The topological polar surface area (TPSA) is 102 Å². The molecule has 0 aliphatic rings. The summed E-state index contributed by atoms with van der Waals surface area (Å²) in [7, 11) is 0. The second-order valence-corrected chi connectivity index (χ2v) is 11.0. The standard InChI is InChI=1S/C37H28N4O4/c1-23-20-24(38-34(42)21-40-30-14-6-2-10-25(30)36(44)26-11-3-7-15-31(26)40)18-19-29(23)39-35(43)22-41-32-16-8-4-12-27(32)37(45)28-13-5-9-17-33(28)41/h2-20H,21-22H2,1H3,(H,38,42)(H,39,43). The van der Waals surface area contributed by atoms with Crippen molar-refractivity contribution in [2.75, 3.05) is 10.6 Å². The highest BCUT2D eigenvalue weighted by Crippen LogP contribution is 2.23. The first kappa shape index (κ1) is 27.8. The highest BCUT2D eigenvalue weighted by atomic mass is 16.2. The first-order valence-corrected chi connectivity index (χ1v) is 14.6. The van der Waals surface area contributed by atoms with E-state index in [0.29, 0.717) is 55.0 Å². The Morgan fingerprint density at radius 2 is 0.911 bits per heavy atom. The first-order valence-electron chi connectivity index (χ1n) is 14.6. The minimum atomic E-state index is -0.248. The van der Waals surface area contributed by atoms with Crippen LogP contribution < -0.4 is 21.5 Å². The highest BCUT2D eigenvalue weighted by molar-refractivity contribution is 5.99. The van der Waals surface area contributed by atoms with E-state index in [1.165, 1.54) is 0 Å². The fourth-order valence-corrected chi connectivity index (χ4v) is 6.05. The Bertz CT molecular complexity index is 2320. The van der Waals surface area contributed by atoms with Crippen LogP contribution >= 0.6 is 0 Å². The molecule has 0 bridgehead atoms. The van der Waals surface area contributed by atoms with Crippen LogP contribution in [0.3, 0.4) is 0 Å². The number of nitrogens with zero attached hydrogens (tertiary/aromatic N) is 2. The molecule has 0 fully saturated rings. The lowest BCUT2D eigenvalue weighted by molar-refractivity contribution is -0.117. The smallest absolute Gasteiger partial charge is 0.244 e. The zero-order chi connectivity index (χ0) is 31.1. The number of carbonyl (C=O) groups is 2. The van der Waals surface area contributed by atoms with E-state index in [0.717, 1.165) is 5.56 Å². The predicted octanol–water partition coefficient (Wildman–Crippen LogP) is 6.21. The molecule has 2 aromatic heterocycles. The lowest BCUT2D eigenvalue weighted by Crippen LogP contribution is -2.22. The van der Waals surface area contributed by atoms with Crippen LogP contribution in [-0.2, 0) is 22.7 Å². The van der Waals surface area contributed by atoms with E-state index < -0.39 is 0 Å². The van der Waals surface area contributed by atoms with E-state index in [4.69, 9.17) is 0 Å². The monoisotopic (exact) mass is 592 g/mol. The van der Waals surface area contributed by atoms with Crippen molar-refractivity contribution in [1.29, 1.82) is 0 Å². The molecule has 7 aromatic rings. The molecule has 5 aromatic carbocycles. The second-order valence-electron chi connectivity index (χ2n) is 11.0. The van der Waals surface area contributed by atoms with Crippen molar-refractivity contribution in [2.45, 2.75) is 20.0 Å². The number of rotatable bonds is 6. The molecule has 2 heterocycles.